The van der Waals surface area contributed by atoms with Gasteiger partial charge in [-0.2, -0.15) is 0 Å². The molecule has 2 rings (SSSR count). The van der Waals surface area contributed by atoms with E-state index in [2.05, 4.69) is 27.2 Å². The van der Waals surface area contributed by atoms with Crippen molar-refractivity contribution in [1.82, 2.24) is 9.97 Å². The summed E-state index contributed by atoms with van der Waals surface area (Å²) in [5, 5.41) is 6.24. The number of anilines is 2. The Morgan fingerprint density at radius 1 is 1.41 bits per heavy atom. The van der Waals surface area contributed by atoms with E-state index in [0.29, 0.717) is 23.2 Å². The number of rotatable bonds is 5. The summed E-state index contributed by atoms with van der Waals surface area (Å²) in [5.74, 6) is 0.0391. The molecule has 0 saturated carbocycles. The van der Waals surface area contributed by atoms with Gasteiger partial charge in [0.25, 0.3) is 5.91 Å². The van der Waals surface area contributed by atoms with E-state index in [4.69, 9.17) is 11.6 Å². The summed E-state index contributed by atoms with van der Waals surface area (Å²) in [6.45, 7) is 7.97. The fourth-order valence-electron chi connectivity index (χ4n) is 1.99. The molecule has 1 amide bonds. The van der Waals surface area contributed by atoms with Crippen LogP contribution in [0.1, 0.15) is 21.6 Å². The van der Waals surface area contributed by atoms with Crippen LogP contribution in [-0.2, 0) is 0 Å². The first-order valence-electron chi connectivity index (χ1n) is 6.77. The van der Waals surface area contributed by atoms with Crippen LogP contribution in [0.3, 0.4) is 0 Å². The predicted octanol–water partition coefficient (Wildman–Crippen LogP) is 3.60. The van der Waals surface area contributed by atoms with Gasteiger partial charge in [0.2, 0.25) is 5.95 Å². The van der Waals surface area contributed by atoms with Gasteiger partial charge in [0.1, 0.15) is 5.69 Å². The van der Waals surface area contributed by atoms with Crippen molar-refractivity contribution in [2.75, 3.05) is 17.2 Å². The minimum atomic E-state index is -0.335. The van der Waals surface area contributed by atoms with Crippen molar-refractivity contribution in [2.45, 2.75) is 13.8 Å². The van der Waals surface area contributed by atoms with Crippen molar-refractivity contribution in [3.05, 3.63) is 58.9 Å². The minimum absolute atomic E-state index is 0.262. The summed E-state index contributed by atoms with van der Waals surface area (Å²) >= 11 is 6.20. The van der Waals surface area contributed by atoms with E-state index in [0.717, 1.165) is 11.1 Å². The van der Waals surface area contributed by atoms with E-state index in [-0.39, 0.29) is 11.6 Å². The molecular formula is C16H17ClN4O. The molecule has 0 fully saturated rings. The number of aryl methyl sites for hydroxylation is 2. The van der Waals surface area contributed by atoms with Crippen LogP contribution in [0.5, 0.6) is 0 Å². The standard InChI is InChI=1S/C16H17ClN4O/c1-4-6-18-16-19-7-5-13(20-16)15(22)21-14-11(3)8-10(2)9-12(14)17/h4-5,7-9H,1,6H2,2-3H3,(H,21,22)(H,18,19,20). The quantitative estimate of drug-likeness (QED) is 0.827. The smallest absolute Gasteiger partial charge is 0.274 e. The molecule has 1 heterocycles. The second kappa shape index (κ2) is 7.04. The number of carbonyl (C=O) groups is 1. The molecule has 0 unspecified atom stereocenters. The number of nitrogens with one attached hydrogen (secondary N) is 2. The van der Waals surface area contributed by atoms with Gasteiger partial charge in [-0.3, -0.25) is 4.79 Å². The second-order valence-corrected chi connectivity index (χ2v) is 5.24. The van der Waals surface area contributed by atoms with Crippen LogP contribution in [0.4, 0.5) is 11.6 Å². The summed E-state index contributed by atoms with van der Waals surface area (Å²) in [5.41, 5.74) is 2.80. The molecule has 1 aromatic carbocycles. The van der Waals surface area contributed by atoms with Crippen molar-refractivity contribution in [3.8, 4) is 0 Å². The van der Waals surface area contributed by atoms with Crippen LogP contribution in [0.2, 0.25) is 5.02 Å². The molecule has 0 aliphatic carbocycles. The number of hydrogen-bond acceptors (Lipinski definition) is 4. The van der Waals surface area contributed by atoms with Crippen LogP contribution in [0.25, 0.3) is 0 Å². The molecule has 22 heavy (non-hydrogen) atoms. The second-order valence-electron chi connectivity index (χ2n) is 4.83. The number of amides is 1. The summed E-state index contributed by atoms with van der Waals surface area (Å²) in [7, 11) is 0. The van der Waals surface area contributed by atoms with Gasteiger partial charge in [0, 0.05) is 12.7 Å². The van der Waals surface area contributed by atoms with E-state index in [1.54, 1.807) is 18.2 Å². The third-order valence-corrected chi connectivity index (χ3v) is 3.26. The zero-order valence-electron chi connectivity index (χ0n) is 12.5. The lowest BCUT2D eigenvalue weighted by atomic mass is 10.1. The van der Waals surface area contributed by atoms with Crippen LogP contribution in [-0.4, -0.2) is 22.4 Å². The van der Waals surface area contributed by atoms with Gasteiger partial charge in [-0.25, -0.2) is 9.97 Å². The summed E-state index contributed by atoms with van der Waals surface area (Å²) in [4.78, 5) is 20.5. The van der Waals surface area contributed by atoms with Crippen molar-refractivity contribution in [3.63, 3.8) is 0 Å². The van der Waals surface area contributed by atoms with E-state index in [9.17, 15) is 4.79 Å². The predicted molar refractivity (Wildman–Crippen MR) is 89.6 cm³/mol. The Morgan fingerprint density at radius 3 is 2.86 bits per heavy atom. The first kappa shape index (κ1) is 16.0. The maximum Gasteiger partial charge on any atom is 0.274 e. The number of nitrogens with zero attached hydrogens (tertiary/aromatic N) is 2. The molecule has 5 nitrogen and oxygen atoms in total. The average molecular weight is 317 g/mol. The van der Waals surface area contributed by atoms with Crippen molar-refractivity contribution >= 4 is 29.1 Å². The minimum Gasteiger partial charge on any atom is -0.351 e. The largest absolute Gasteiger partial charge is 0.351 e. The number of aromatic nitrogens is 2. The van der Waals surface area contributed by atoms with Crippen molar-refractivity contribution in [2.24, 2.45) is 0 Å². The normalized spacial score (nSPS) is 10.1. The summed E-state index contributed by atoms with van der Waals surface area (Å²) < 4.78 is 0. The highest BCUT2D eigenvalue weighted by Crippen LogP contribution is 2.27. The molecule has 0 aliphatic heterocycles. The summed E-state index contributed by atoms with van der Waals surface area (Å²) in [6.07, 6.45) is 3.21. The van der Waals surface area contributed by atoms with Gasteiger partial charge in [0.15, 0.2) is 0 Å². The lowest BCUT2D eigenvalue weighted by Gasteiger charge is -2.11. The van der Waals surface area contributed by atoms with Crippen LogP contribution >= 0.6 is 11.6 Å². The molecule has 0 radical (unpaired) electrons. The molecule has 0 aliphatic rings. The average Bonchev–Trinajstić information content (AvgIpc) is 2.49. The Hall–Kier alpha value is -2.40. The van der Waals surface area contributed by atoms with Crippen LogP contribution in [0.15, 0.2) is 37.1 Å². The topological polar surface area (TPSA) is 66.9 Å². The van der Waals surface area contributed by atoms with E-state index < -0.39 is 0 Å². The Labute approximate surface area is 134 Å². The maximum absolute atomic E-state index is 12.3. The number of hydrogen-bond donors (Lipinski definition) is 2. The van der Waals surface area contributed by atoms with Gasteiger partial charge >= 0.3 is 0 Å². The fourth-order valence-corrected chi connectivity index (χ4v) is 2.35. The highest BCUT2D eigenvalue weighted by atomic mass is 35.5. The van der Waals surface area contributed by atoms with Crippen LogP contribution in [0, 0.1) is 13.8 Å². The molecule has 2 N–H and O–H groups in total. The zero-order chi connectivity index (χ0) is 16.1. The monoisotopic (exact) mass is 316 g/mol. The fraction of sp³-hybridized carbons (Fsp3) is 0.188. The molecule has 0 saturated heterocycles. The lowest BCUT2D eigenvalue weighted by Crippen LogP contribution is -2.16. The Morgan fingerprint density at radius 2 is 2.18 bits per heavy atom. The number of carbonyl (C=O) groups excluding carboxylic acids is 1. The van der Waals surface area contributed by atoms with Crippen molar-refractivity contribution in [1.29, 1.82) is 0 Å². The first-order valence-corrected chi connectivity index (χ1v) is 7.15. The highest BCUT2D eigenvalue weighted by Gasteiger charge is 2.13. The maximum atomic E-state index is 12.3. The molecule has 114 valence electrons. The number of halogens is 1. The van der Waals surface area contributed by atoms with Gasteiger partial charge < -0.3 is 10.6 Å². The molecule has 2 aromatic rings. The third-order valence-electron chi connectivity index (χ3n) is 2.96. The van der Waals surface area contributed by atoms with Gasteiger partial charge in [-0.05, 0) is 37.1 Å². The molecule has 6 heteroatoms. The first-order chi connectivity index (χ1) is 10.5. The highest BCUT2D eigenvalue weighted by molar-refractivity contribution is 6.34. The Kier molecular flexibility index (Phi) is 5.12. The Balaban J connectivity index is 2.21. The van der Waals surface area contributed by atoms with Gasteiger partial charge in [-0.15, -0.1) is 6.58 Å². The van der Waals surface area contributed by atoms with Gasteiger partial charge in [-0.1, -0.05) is 23.7 Å². The lowest BCUT2D eigenvalue weighted by molar-refractivity contribution is 0.102. The van der Waals surface area contributed by atoms with Crippen LogP contribution < -0.4 is 10.6 Å². The van der Waals surface area contributed by atoms with E-state index in [1.165, 1.54) is 6.20 Å². The third kappa shape index (κ3) is 3.83. The van der Waals surface area contributed by atoms with E-state index >= 15 is 0 Å². The molecule has 0 bridgehead atoms. The zero-order valence-corrected chi connectivity index (χ0v) is 13.2. The molecule has 0 spiro atoms. The molecule has 0 atom stereocenters. The van der Waals surface area contributed by atoms with Crippen molar-refractivity contribution < 1.29 is 4.79 Å². The van der Waals surface area contributed by atoms with Gasteiger partial charge in [0.05, 0.1) is 10.7 Å². The Bertz CT molecular complexity index is 692. The van der Waals surface area contributed by atoms with E-state index in [1.807, 2.05) is 19.9 Å². The number of benzene rings is 1. The molecular weight excluding hydrogens is 300 g/mol. The molecule has 1 aromatic heterocycles. The SMILES string of the molecule is C=CCNc1nccc(C(=O)Nc2c(C)cc(C)cc2Cl)n1. The summed E-state index contributed by atoms with van der Waals surface area (Å²) in [6, 6.07) is 5.31.